The van der Waals surface area contributed by atoms with Crippen LogP contribution in [0.5, 0.6) is 0 Å². The van der Waals surface area contributed by atoms with Crippen molar-refractivity contribution in [2.24, 2.45) is 0 Å². The molecule has 0 saturated heterocycles. The first-order valence-electron chi connectivity index (χ1n) is 5.88. The smallest absolute Gasteiger partial charge is 0.337 e. The number of aryl methyl sites for hydroxylation is 2. The van der Waals surface area contributed by atoms with E-state index < -0.39 is 24.9 Å². The van der Waals surface area contributed by atoms with Gasteiger partial charge >= 0.3 is 6.18 Å². The molecule has 0 aliphatic carbocycles. The molecule has 0 fully saturated rings. The van der Waals surface area contributed by atoms with E-state index in [1.807, 2.05) is 13.8 Å². The van der Waals surface area contributed by atoms with E-state index in [2.05, 4.69) is 4.98 Å². The summed E-state index contributed by atoms with van der Waals surface area (Å²) in [6, 6.07) is -0.314. The Morgan fingerprint density at radius 2 is 2.00 bits per heavy atom. The number of amides is 1. The van der Waals surface area contributed by atoms with Crippen LogP contribution in [-0.4, -0.2) is 29.0 Å². The van der Waals surface area contributed by atoms with Gasteiger partial charge in [0.2, 0.25) is 5.91 Å². The molecule has 0 aromatic carbocycles. The SMILES string of the molecule is Cc1nc([C@H](C)N(C)C(=O)CCC(F)(F)F)c(C)s1. The minimum Gasteiger partial charge on any atom is -0.337 e. The van der Waals surface area contributed by atoms with Crippen molar-refractivity contribution in [3.63, 3.8) is 0 Å². The molecule has 1 atom stereocenters. The molecular weight excluding hydrogens is 277 g/mol. The molecule has 0 radical (unpaired) electrons. The van der Waals surface area contributed by atoms with Gasteiger partial charge in [0, 0.05) is 18.3 Å². The van der Waals surface area contributed by atoms with Crippen molar-refractivity contribution in [1.29, 1.82) is 0 Å². The summed E-state index contributed by atoms with van der Waals surface area (Å²) in [6.07, 6.45) is -5.91. The Bertz CT molecular complexity index is 456. The van der Waals surface area contributed by atoms with Crippen molar-refractivity contribution in [3.8, 4) is 0 Å². The maximum atomic E-state index is 12.1. The van der Waals surface area contributed by atoms with E-state index in [1.54, 1.807) is 6.92 Å². The number of carbonyl (C=O) groups excluding carboxylic acids is 1. The van der Waals surface area contributed by atoms with Gasteiger partial charge in [0.25, 0.3) is 0 Å². The minimum absolute atomic E-state index is 0.314. The number of rotatable bonds is 4. The molecule has 1 heterocycles. The zero-order valence-corrected chi connectivity index (χ0v) is 12.2. The topological polar surface area (TPSA) is 33.2 Å². The molecule has 0 aliphatic heterocycles. The molecule has 1 rings (SSSR count). The lowest BCUT2D eigenvalue weighted by molar-refractivity contribution is -0.149. The average Bonchev–Trinajstić information content (AvgIpc) is 2.62. The highest BCUT2D eigenvalue weighted by Gasteiger charge is 2.30. The second-order valence-corrected chi connectivity index (χ2v) is 5.88. The van der Waals surface area contributed by atoms with Gasteiger partial charge in [-0.15, -0.1) is 11.3 Å². The van der Waals surface area contributed by atoms with Crippen LogP contribution >= 0.6 is 11.3 Å². The normalized spacial score (nSPS) is 13.4. The van der Waals surface area contributed by atoms with Gasteiger partial charge in [-0.1, -0.05) is 0 Å². The quantitative estimate of drug-likeness (QED) is 0.849. The standard InChI is InChI=1S/C12H17F3N2OS/c1-7(11-8(2)19-9(3)16-11)17(4)10(18)5-6-12(13,14)15/h7H,5-6H2,1-4H3/t7-/m0/s1. The summed E-state index contributed by atoms with van der Waals surface area (Å²) in [7, 11) is 1.51. The molecule has 108 valence electrons. The Kier molecular flexibility index (Phi) is 4.95. The highest BCUT2D eigenvalue weighted by molar-refractivity contribution is 7.11. The monoisotopic (exact) mass is 294 g/mol. The molecule has 0 aliphatic rings. The first-order valence-corrected chi connectivity index (χ1v) is 6.70. The van der Waals surface area contributed by atoms with Crippen LogP contribution in [0.3, 0.4) is 0 Å². The van der Waals surface area contributed by atoms with E-state index in [1.165, 1.54) is 23.3 Å². The second kappa shape index (κ2) is 5.90. The van der Waals surface area contributed by atoms with Gasteiger partial charge in [0.1, 0.15) is 0 Å². The third-order valence-corrected chi connectivity index (χ3v) is 3.83. The first kappa shape index (κ1) is 15.9. The molecule has 0 saturated carbocycles. The predicted molar refractivity (Wildman–Crippen MR) is 68.1 cm³/mol. The Labute approximate surface area is 114 Å². The van der Waals surface area contributed by atoms with Crippen LogP contribution in [0.1, 0.15) is 41.4 Å². The summed E-state index contributed by atoms with van der Waals surface area (Å²) in [5.74, 6) is -0.519. The van der Waals surface area contributed by atoms with Crippen LogP contribution in [0.4, 0.5) is 13.2 Å². The largest absolute Gasteiger partial charge is 0.389 e. The van der Waals surface area contributed by atoms with Crippen LogP contribution in [0.25, 0.3) is 0 Å². The summed E-state index contributed by atoms with van der Waals surface area (Å²) < 4.78 is 36.3. The highest BCUT2D eigenvalue weighted by atomic mass is 32.1. The molecular formula is C12H17F3N2OS. The molecule has 3 nitrogen and oxygen atoms in total. The summed E-state index contributed by atoms with van der Waals surface area (Å²) in [5, 5.41) is 0.885. The number of hydrogen-bond acceptors (Lipinski definition) is 3. The fraction of sp³-hybridized carbons (Fsp3) is 0.667. The molecule has 19 heavy (non-hydrogen) atoms. The van der Waals surface area contributed by atoms with Crippen molar-refractivity contribution >= 4 is 17.2 Å². The Morgan fingerprint density at radius 1 is 1.42 bits per heavy atom. The summed E-state index contributed by atoms with van der Waals surface area (Å²) in [4.78, 5) is 18.4. The number of aromatic nitrogens is 1. The van der Waals surface area contributed by atoms with Gasteiger partial charge in [-0.2, -0.15) is 13.2 Å². The summed E-state index contributed by atoms with van der Waals surface area (Å²) in [5.41, 5.74) is 0.755. The molecule has 0 spiro atoms. The fourth-order valence-electron chi connectivity index (χ4n) is 1.76. The summed E-state index contributed by atoms with van der Waals surface area (Å²) >= 11 is 1.52. The number of nitrogens with zero attached hydrogens (tertiary/aromatic N) is 2. The third-order valence-electron chi connectivity index (χ3n) is 2.93. The minimum atomic E-state index is -4.30. The van der Waals surface area contributed by atoms with Gasteiger partial charge in [0.15, 0.2) is 0 Å². The lowest BCUT2D eigenvalue weighted by Crippen LogP contribution is -2.31. The van der Waals surface area contributed by atoms with E-state index in [9.17, 15) is 18.0 Å². The molecule has 1 aromatic rings. The second-order valence-electron chi connectivity index (χ2n) is 4.47. The van der Waals surface area contributed by atoms with Crippen LogP contribution in [0.2, 0.25) is 0 Å². The van der Waals surface area contributed by atoms with Gasteiger partial charge in [0.05, 0.1) is 23.2 Å². The number of thiazole rings is 1. The van der Waals surface area contributed by atoms with Crippen LogP contribution in [-0.2, 0) is 4.79 Å². The van der Waals surface area contributed by atoms with E-state index in [4.69, 9.17) is 0 Å². The fourth-order valence-corrected chi connectivity index (χ4v) is 2.66. The maximum absolute atomic E-state index is 12.1. The van der Waals surface area contributed by atoms with Crippen molar-refractivity contribution in [2.45, 2.75) is 45.8 Å². The summed E-state index contributed by atoms with van der Waals surface area (Å²) in [6.45, 7) is 5.52. The lowest BCUT2D eigenvalue weighted by Gasteiger charge is -2.24. The first-order chi connectivity index (χ1) is 8.61. The lowest BCUT2D eigenvalue weighted by atomic mass is 10.1. The zero-order chi connectivity index (χ0) is 14.8. The van der Waals surface area contributed by atoms with E-state index in [-0.39, 0.29) is 6.04 Å². The molecule has 0 bridgehead atoms. The Balaban J connectivity index is 2.69. The van der Waals surface area contributed by atoms with Crippen molar-refractivity contribution in [1.82, 2.24) is 9.88 Å². The Morgan fingerprint density at radius 3 is 2.42 bits per heavy atom. The van der Waals surface area contributed by atoms with Crippen molar-refractivity contribution in [3.05, 3.63) is 15.6 Å². The molecule has 1 aromatic heterocycles. The Hall–Kier alpha value is -1.11. The number of halogens is 3. The molecule has 0 N–H and O–H groups in total. The molecule has 1 amide bonds. The molecule has 0 unspecified atom stereocenters. The van der Waals surface area contributed by atoms with Crippen LogP contribution in [0, 0.1) is 13.8 Å². The maximum Gasteiger partial charge on any atom is 0.389 e. The number of alkyl halides is 3. The predicted octanol–water partition coefficient (Wildman–Crippen LogP) is 3.62. The van der Waals surface area contributed by atoms with Gasteiger partial charge in [-0.3, -0.25) is 4.79 Å². The van der Waals surface area contributed by atoms with Gasteiger partial charge < -0.3 is 4.90 Å². The third kappa shape index (κ3) is 4.49. The zero-order valence-electron chi connectivity index (χ0n) is 11.3. The van der Waals surface area contributed by atoms with Gasteiger partial charge in [-0.25, -0.2) is 4.98 Å². The van der Waals surface area contributed by atoms with Crippen molar-refractivity contribution < 1.29 is 18.0 Å². The van der Waals surface area contributed by atoms with Gasteiger partial charge in [-0.05, 0) is 20.8 Å². The van der Waals surface area contributed by atoms with Crippen molar-refractivity contribution in [2.75, 3.05) is 7.05 Å². The van der Waals surface area contributed by atoms with E-state index in [0.29, 0.717) is 0 Å². The highest BCUT2D eigenvalue weighted by Crippen LogP contribution is 2.27. The van der Waals surface area contributed by atoms with Crippen LogP contribution in [0.15, 0.2) is 0 Å². The number of hydrogen-bond donors (Lipinski definition) is 0. The van der Waals surface area contributed by atoms with E-state index >= 15 is 0 Å². The van der Waals surface area contributed by atoms with Crippen LogP contribution < -0.4 is 0 Å². The average molecular weight is 294 g/mol. The van der Waals surface area contributed by atoms with E-state index in [0.717, 1.165) is 15.6 Å². The molecule has 7 heteroatoms. The number of carbonyl (C=O) groups is 1.